The largest absolute Gasteiger partial charge is 0.504 e. The number of hydrogen-bond acceptors (Lipinski definition) is 9. The number of hydrogen-bond donors (Lipinski definition) is 4. The number of ketones is 2. The number of anilines is 1. The Morgan fingerprint density at radius 2 is 1.98 bits per heavy atom. The van der Waals surface area contributed by atoms with Crippen molar-refractivity contribution in [3.63, 3.8) is 0 Å². The first-order valence-corrected chi connectivity index (χ1v) is 21.3. The number of Topliss-reactive ketones (excluding diaryl/α,β-unsaturated/α-hetero) is 2. The number of aromatic hydroxyl groups is 1. The first kappa shape index (κ1) is 34.9. The number of rotatable bonds is 3. The van der Waals surface area contributed by atoms with Gasteiger partial charge in [-0.2, -0.15) is 0 Å². The fourth-order valence-corrected chi connectivity index (χ4v) is 14.1. The number of quaternary nitrogens is 1. The summed E-state index contributed by atoms with van der Waals surface area (Å²) in [5, 5.41) is 14.7. The maximum Gasteiger partial charge on any atom is 0.166 e. The molecule has 1 spiro atoms. The Labute approximate surface area is 309 Å². The van der Waals surface area contributed by atoms with E-state index in [2.05, 4.69) is 36.7 Å². The fourth-order valence-electron chi connectivity index (χ4n) is 10.4. The number of carbonyl (C=O) groups is 2. The van der Waals surface area contributed by atoms with Crippen molar-refractivity contribution in [2.45, 2.75) is 101 Å². The number of carbonyl (C=O) groups excluding carboxylic acids is 2. The van der Waals surface area contributed by atoms with Crippen molar-refractivity contribution in [2.75, 3.05) is 25.3 Å². The van der Waals surface area contributed by atoms with E-state index in [1.165, 1.54) is 49.8 Å². The van der Waals surface area contributed by atoms with E-state index in [0.717, 1.165) is 53.9 Å². The third kappa shape index (κ3) is 6.23. The van der Waals surface area contributed by atoms with Crippen molar-refractivity contribution in [3.05, 3.63) is 76.3 Å². The summed E-state index contributed by atoms with van der Waals surface area (Å²) >= 11 is 0. The molecule has 6 atom stereocenters. The van der Waals surface area contributed by atoms with E-state index < -0.39 is 0 Å². The van der Waals surface area contributed by atoms with Gasteiger partial charge < -0.3 is 20.9 Å². The summed E-state index contributed by atoms with van der Waals surface area (Å²) in [5.41, 5.74) is 13.1. The van der Waals surface area contributed by atoms with Crippen LogP contribution in [0.1, 0.15) is 117 Å². The Morgan fingerprint density at radius 3 is 2.78 bits per heavy atom. The second-order valence-electron chi connectivity index (χ2n) is 15.9. The van der Waals surface area contributed by atoms with Gasteiger partial charge >= 0.3 is 0 Å². The molecule has 8 nitrogen and oxygen atoms in total. The maximum atomic E-state index is 13.7. The monoisotopic (exact) mass is 727 g/mol. The number of nitrogen functional groups attached to an aromatic ring is 1. The predicted molar refractivity (Wildman–Crippen MR) is 205 cm³/mol. The van der Waals surface area contributed by atoms with Crippen LogP contribution in [0.2, 0.25) is 0 Å². The highest BCUT2D eigenvalue weighted by Crippen LogP contribution is 2.64. The molecule has 0 amide bonds. The van der Waals surface area contributed by atoms with Gasteiger partial charge in [0, 0.05) is 42.2 Å². The predicted octanol–water partition coefficient (Wildman–Crippen LogP) is 7.02. The van der Waals surface area contributed by atoms with Crippen molar-refractivity contribution in [2.24, 2.45) is 17.3 Å². The van der Waals surface area contributed by atoms with E-state index in [4.69, 9.17) is 15.5 Å². The molecular formula is C41H51N4O4S2+. The summed E-state index contributed by atoms with van der Waals surface area (Å²) in [4.78, 5) is 33.4. The molecule has 1 unspecified atom stereocenters. The van der Waals surface area contributed by atoms with Crippen LogP contribution in [0.15, 0.2) is 54.0 Å². The van der Waals surface area contributed by atoms with Crippen LogP contribution in [0.4, 0.5) is 5.82 Å². The second-order valence-corrected chi connectivity index (χ2v) is 18.4. The van der Waals surface area contributed by atoms with Gasteiger partial charge in [0.2, 0.25) is 0 Å². The molecule has 1 aromatic carbocycles. The number of aromatic nitrogens is 1. The van der Waals surface area contributed by atoms with Gasteiger partial charge in [-0.05, 0) is 102 Å². The van der Waals surface area contributed by atoms with Crippen molar-refractivity contribution in [1.82, 2.24) is 10.3 Å². The number of nitrogens with zero attached hydrogens (tertiary/aromatic N) is 1. The number of phenolic OH excluding ortho intramolecular Hbond substituents is 1. The van der Waals surface area contributed by atoms with Crippen LogP contribution in [0.3, 0.4) is 0 Å². The van der Waals surface area contributed by atoms with Gasteiger partial charge in [-0.15, -0.1) is 0 Å². The molecule has 6 aliphatic rings. The standard InChI is InChI=1S/C41H50N4O4S2/c1-3-25-6-10-31(46)17-35(47)26-7-11-32(33-18-36(48)37(49-2)16-27(33)14-26)28-15-34(39(42)44-20-28)38(51-50-22-25)41-23-40(12-4-5-13-40)19-29(41)8-9-30-21-43-24-45(30)41/h8-9,14-16,18,20-21,25,29,32,38,43,48H,3-7,10-13,17,19,22-24H2,1-2H3,(H2,42,44)/p+1/t25-,29-,32+,38-,41-/m0/s1. The lowest BCUT2D eigenvalue weighted by Gasteiger charge is -2.47. The highest BCUT2D eigenvalue weighted by molar-refractivity contribution is 8.76. The zero-order valence-corrected chi connectivity index (χ0v) is 31.5. The minimum Gasteiger partial charge on any atom is -0.504 e. The molecule has 2 fully saturated rings. The van der Waals surface area contributed by atoms with E-state index in [1.54, 1.807) is 6.07 Å². The van der Waals surface area contributed by atoms with Gasteiger partial charge in [0.25, 0.3) is 0 Å². The molecule has 3 aliphatic carbocycles. The van der Waals surface area contributed by atoms with Gasteiger partial charge in [-0.1, -0.05) is 53.9 Å². The third-order valence-electron chi connectivity index (χ3n) is 13.1. The molecule has 8 rings (SSSR count). The van der Waals surface area contributed by atoms with Crippen LogP contribution in [0, 0.1) is 17.3 Å². The zero-order chi connectivity index (χ0) is 35.3. The summed E-state index contributed by atoms with van der Waals surface area (Å²) in [6.45, 7) is 3.08. The fraction of sp³-hybridized carbons (Fsp3) is 0.537. The Hall–Kier alpha value is -3.21. The molecule has 0 radical (unpaired) electrons. The Kier molecular flexibility index (Phi) is 9.55. The Balaban J connectivity index is 1.29. The summed E-state index contributed by atoms with van der Waals surface area (Å²) in [6.07, 6.45) is 21.8. The van der Waals surface area contributed by atoms with Crippen molar-refractivity contribution >= 4 is 45.0 Å². The van der Waals surface area contributed by atoms with Gasteiger partial charge in [0.1, 0.15) is 22.8 Å². The molecule has 4 bridgehead atoms. The molecular weight excluding hydrogens is 677 g/mol. The smallest absolute Gasteiger partial charge is 0.166 e. The van der Waals surface area contributed by atoms with Crippen molar-refractivity contribution in [3.8, 4) is 11.5 Å². The molecule has 3 aliphatic heterocycles. The SMILES string of the molecule is CC[C@H]1CCC(=O)CC(=O)C2=Cc3cc(OC)c(O)cc3[C@H](CC2)c2cnc(N)c(c2)[C@@H]([C@]23CC4(CCCC4)C[C@@H]2C=CC2=CNC[NH+]23)SSC1. The Morgan fingerprint density at radius 1 is 1.14 bits per heavy atom. The molecule has 4 heterocycles. The van der Waals surface area contributed by atoms with Gasteiger partial charge in [0.15, 0.2) is 24.0 Å². The minimum absolute atomic E-state index is 0.0140. The molecule has 51 heavy (non-hydrogen) atoms. The van der Waals surface area contributed by atoms with Crippen LogP contribution < -0.4 is 20.7 Å². The van der Waals surface area contributed by atoms with E-state index in [9.17, 15) is 14.7 Å². The minimum atomic E-state index is -0.139. The highest BCUT2D eigenvalue weighted by atomic mass is 33.1. The van der Waals surface area contributed by atoms with E-state index in [1.807, 2.05) is 39.9 Å². The molecule has 5 N–H and O–H groups in total. The highest BCUT2D eigenvalue weighted by Gasteiger charge is 2.66. The van der Waals surface area contributed by atoms with Crippen LogP contribution in [0.25, 0.3) is 6.08 Å². The van der Waals surface area contributed by atoms with Gasteiger partial charge in [-0.25, -0.2) is 4.98 Å². The van der Waals surface area contributed by atoms with E-state index >= 15 is 0 Å². The summed E-state index contributed by atoms with van der Waals surface area (Å²) in [5.74, 6) is 2.50. The molecule has 2 aromatic rings. The number of fused-ring (bicyclic) bond motifs is 11. The lowest BCUT2D eigenvalue weighted by Crippen LogP contribution is -3.20. The first-order valence-electron chi connectivity index (χ1n) is 18.9. The van der Waals surface area contributed by atoms with Crippen molar-refractivity contribution in [1.29, 1.82) is 0 Å². The lowest BCUT2D eigenvalue weighted by atomic mass is 9.75. The molecule has 0 saturated heterocycles. The topological polar surface area (TPSA) is 119 Å². The quantitative estimate of drug-likeness (QED) is 0.195. The first-order chi connectivity index (χ1) is 24.7. The zero-order valence-electron chi connectivity index (χ0n) is 29.8. The number of nitrogens with one attached hydrogen (secondary N) is 2. The molecule has 10 heteroatoms. The third-order valence-corrected chi connectivity index (χ3v) is 16.1. The number of allylic oxidation sites excluding steroid dienone is 2. The molecule has 270 valence electrons. The van der Waals surface area contributed by atoms with E-state index in [-0.39, 0.29) is 40.4 Å². The van der Waals surface area contributed by atoms with Crippen LogP contribution in [0.5, 0.6) is 11.5 Å². The van der Waals surface area contributed by atoms with Crippen LogP contribution >= 0.6 is 21.6 Å². The average Bonchev–Trinajstić information content (AvgIpc) is 3.84. The average molecular weight is 728 g/mol. The summed E-state index contributed by atoms with van der Waals surface area (Å²) in [7, 11) is 5.45. The van der Waals surface area contributed by atoms with Gasteiger partial charge in [-0.3, -0.25) is 14.5 Å². The number of pyridine rings is 1. The van der Waals surface area contributed by atoms with E-state index in [0.29, 0.717) is 53.7 Å². The van der Waals surface area contributed by atoms with Crippen LogP contribution in [-0.2, 0) is 9.59 Å². The van der Waals surface area contributed by atoms with Crippen LogP contribution in [-0.4, -0.2) is 46.7 Å². The molecule has 2 saturated carbocycles. The van der Waals surface area contributed by atoms with Crippen molar-refractivity contribution < 1.29 is 24.3 Å². The summed E-state index contributed by atoms with van der Waals surface area (Å²) in [6, 6.07) is 5.92. The normalized spacial score (nSPS) is 31.6. The number of nitrogens with two attached hydrogens (primary N) is 1. The number of benzene rings is 1. The number of ether oxygens (including phenoxy) is 1. The number of phenols is 1. The maximum absolute atomic E-state index is 13.7. The summed E-state index contributed by atoms with van der Waals surface area (Å²) < 4.78 is 5.52. The van der Waals surface area contributed by atoms with Gasteiger partial charge in [0.05, 0.1) is 25.0 Å². The Bertz CT molecular complexity index is 1820. The number of methoxy groups -OCH3 is 1. The second kappa shape index (κ2) is 14.0. The lowest BCUT2D eigenvalue weighted by molar-refractivity contribution is -0.915. The molecule has 1 aromatic heterocycles.